The van der Waals surface area contributed by atoms with Gasteiger partial charge in [0.05, 0.1) is 13.7 Å². The first-order valence-corrected chi connectivity index (χ1v) is 9.93. The quantitative estimate of drug-likeness (QED) is 0.659. The number of piperidine rings is 1. The highest BCUT2D eigenvalue weighted by atomic mass is 35.5. The van der Waals surface area contributed by atoms with Crippen LogP contribution in [0.3, 0.4) is 0 Å². The highest BCUT2D eigenvalue weighted by molar-refractivity contribution is 6.30. The normalized spacial score (nSPS) is 15.6. The average molecular weight is 398 g/mol. The minimum atomic E-state index is 0.0117. The molecule has 1 fully saturated rings. The van der Waals surface area contributed by atoms with Crippen LogP contribution in [-0.2, 0) is 4.79 Å². The van der Waals surface area contributed by atoms with Gasteiger partial charge in [0.25, 0.3) is 0 Å². The van der Waals surface area contributed by atoms with Gasteiger partial charge in [-0.25, -0.2) is 0 Å². The van der Waals surface area contributed by atoms with Gasteiger partial charge in [0, 0.05) is 27.8 Å². The first-order valence-electron chi connectivity index (χ1n) is 9.55. The largest absolute Gasteiger partial charge is 0.497 e. The van der Waals surface area contributed by atoms with Gasteiger partial charge in [-0.3, -0.25) is 9.69 Å². The Bertz CT molecular complexity index is 960. The minimum absolute atomic E-state index is 0.0117. The smallest absolute Gasteiger partial charge is 0.238 e. The lowest BCUT2D eigenvalue weighted by atomic mass is 9.89. The first kappa shape index (κ1) is 18.8. The number of fused-ring (bicyclic) bond motifs is 1. The van der Waals surface area contributed by atoms with Gasteiger partial charge in [0.2, 0.25) is 5.91 Å². The molecule has 2 aromatic carbocycles. The highest BCUT2D eigenvalue weighted by Gasteiger charge is 2.24. The van der Waals surface area contributed by atoms with Gasteiger partial charge < -0.3 is 15.0 Å². The van der Waals surface area contributed by atoms with Gasteiger partial charge in [0.15, 0.2) is 0 Å². The van der Waals surface area contributed by atoms with E-state index in [9.17, 15) is 4.79 Å². The third kappa shape index (κ3) is 4.16. The van der Waals surface area contributed by atoms with E-state index in [4.69, 9.17) is 16.3 Å². The maximum Gasteiger partial charge on any atom is 0.238 e. The molecule has 0 bridgehead atoms. The number of hydrogen-bond donors (Lipinski definition) is 2. The number of halogens is 1. The summed E-state index contributed by atoms with van der Waals surface area (Å²) in [5.41, 5.74) is 3.26. The van der Waals surface area contributed by atoms with E-state index in [2.05, 4.69) is 33.5 Å². The number of ether oxygens (including phenoxy) is 1. The van der Waals surface area contributed by atoms with Crippen LogP contribution in [0, 0.1) is 0 Å². The molecule has 0 aliphatic carbocycles. The number of H-pyrrole nitrogens is 1. The Balaban J connectivity index is 1.34. The number of nitrogens with one attached hydrogen (secondary N) is 2. The first-order chi connectivity index (χ1) is 13.6. The molecular formula is C22H24ClN3O2. The summed E-state index contributed by atoms with van der Waals surface area (Å²) in [6, 6.07) is 13.3. The maximum absolute atomic E-state index is 12.3. The molecule has 3 aromatic rings. The number of rotatable bonds is 5. The molecular weight excluding hydrogens is 374 g/mol. The topological polar surface area (TPSA) is 57.4 Å². The molecule has 0 radical (unpaired) electrons. The van der Waals surface area contributed by atoms with Crippen LogP contribution in [0.25, 0.3) is 10.9 Å². The molecule has 1 aromatic heterocycles. The third-order valence-corrected chi connectivity index (χ3v) is 5.70. The molecule has 5 nitrogen and oxygen atoms in total. The van der Waals surface area contributed by atoms with Crippen molar-refractivity contribution in [3.05, 3.63) is 59.2 Å². The van der Waals surface area contributed by atoms with Crippen LogP contribution in [0.4, 0.5) is 5.69 Å². The van der Waals surface area contributed by atoms with Crippen molar-refractivity contribution >= 4 is 34.1 Å². The van der Waals surface area contributed by atoms with Crippen LogP contribution in [0.15, 0.2) is 48.7 Å². The van der Waals surface area contributed by atoms with Crippen molar-refractivity contribution in [2.75, 3.05) is 32.1 Å². The van der Waals surface area contributed by atoms with Gasteiger partial charge in [-0.05, 0) is 79.9 Å². The number of likely N-dealkylation sites (tertiary alicyclic amines) is 1. The summed E-state index contributed by atoms with van der Waals surface area (Å²) in [7, 11) is 1.70. The highest BCUT2D eigenvalue weighted by Crippen LogP contribution is 2.34. The van der Waals surface area contributed by atoms with Gasteiger partial charge in [0.1, 0.15) is 5.75 Å². The zero-order valence-electron chi connectivity index (χ0n) is 15.9. The van der Waals surface area contributed by atoms with E-state index < -0.39 is 0 Å². The molecule has 146 valence electrons. The van der Waals surface area contributed by atoms with Gasteiger partial charge in [-0.2, -0.15) is 0 Å². The number of anilines is 1. The standard InChI is InChI=1S/C22H24ClN3O2/c1-28-18-6-7-21-19(12-18)20(13-24-21)15-8-10-26(11-9-15)14-22(27)25-17-4-2-16(23)3-5-17/h2-7,12-13,15,24H,8-11,14H2,1H3,(H,25,27). The fraction of sp³-hybridized carbons (Fsp3) is 0.318. The number of methoxy groups -OCH3 is 1. The van der Waals surface area contributed by atoms with Crippen LogP contribution >= 0.6 is 11.6 Å². The molecule has 1 aliphatic heterocycles. The molecule has 0 spiro atoms. The molecule has 2 heterocycles. The zero-order valence-corrected chi connectivity index (χ0v) is 16.6. The van der Waals surface area contributed by atoms with Crippen molar-refractivity contribution in [3.8, 4) is 5.75 Å². The van der Waals surface area contributed by atoms with E-state index in [0.717, 1.165) is 42.9 Å². The Morgan fingerprint density at radius 1 is 1.21 bits per heavy atom. The predicted molar refractivity (Wildman–Crippen MR) is 113 cm³/mol. The van der Waals surface area contributed by atoms with Crippen molar-refractivity contribution in [2.45, 2.75) is 18.8 Å². The van der Waals surface area contributed by atoms with E-state index in [1.165, 1.54) is 10.9 Å². The lowest BCUT2D eigenvalue weighted by molar-refractivity contribution is -0.117. The Morgan fingerprint density at radius 3 is 2.68 bits per heavy atom. The van der Waals surface area contributed by atoms with Crippen LogP contribution < -0.4 is 10.1 Å². The molecule has 2 N–H and O–H groups in total. The number of carbonyl (C=O) groups is 1. The molecule has 6 heteroatoms. The number of benzene rings is 2. The SMILES string of the molecule is COc1ccc2[nH]cc(C3CCN(CC(=O)Nc4ccc(Cl)cc4)CC3)c2c1. The van der Waals surface area contributed by atoms with Crippen molar-refractivity contribution in [3.63, 3.8) is 0 Å². The number of aromatic nitrogens is 1. The van der Waals surface area contributed by atoms with E-state index in [-0.39, 0.29) is 5.91 Å². The molecule has 1 aliphatic rings. The second-order valence-corrected chi connectivity index (χ2v) is 7.70. The molecule has 0 saturated carbocycles. The number of aromatic amines is 1. The van der Waals surface area contributed by atoms with Crippen molar-refractivity contribution < 1.29 is 9.53 Å². The molecule has 1 saturated heterocycles. The van der Waals surface area contributed by atoms with Gasteiger partial charge in [-0.15, -0.1) is 0 Å². The van der Waals surface area contributed by atoms with Crippen molar-refractivity contribution in [2.24, 2.45) is 0 Å². The van der Waals surface area contributed by atoms with E-state index in [0.29, 0.717) is 17.5 Å². The third-order valence-electron chi connectivity index (χ3n) is 5.44. The second-order valence-electron chi connectivity index (χ2n) is 7.26. The summed E-state index contributed by atoms with van der Waals surface area (Å²) in [5, 5.41) is 4.83. The van der Waals surface area contributed by atoms with E-state index in [1.807, 2.05) is 18.2 Å². The number of carbonyl (C=O) groups excluding carboxylic acids is 1. The monoisotopic (exact) mass is 397 g/mol. The Kier molecular flexibility index (Phi) is 5.55. The molecule has 1 amide bonds. The van der Waals surface area contributed by atoms with Crippen molar-refractivity contribution in [1.29, 1.82) is 0 Å². The van der Waals surface area contributed by atoms with Gasteiger partial charge in [-0.1, -0.05) is 11.6 Å². The second kappa shape index (κ2) is 8.25. The molecule has 0 unspecified atom stereocenters. The summed E-state index contributed by atoms with van der Waals surface area (Å²) >= 11 is 5.88. The van der Waals surface area contributed by atoms with Crippen LogP contribution in [0.2, 0.25) is 5.02 Å². The maximum atomic E-state index is 12.3. The lowest BCUT2D eigenvalue weighted by Crippen LogP contribution is -2.38. The summed E-state index contributed by atoms with van der Waals surface area (Å²) in [5.74, 6) is 1.39. The number of hydrogen-bond acceptors (Lipinski definition) is 3. The summed E-state index contributed by atoms with van der Waals surface area (Å²) in [4.78, 5) is 17.9. The van der Waals surface area contributed by atoms with E-state index >= 15 is 0 Å². The van der Waals surface area contributed by atoms with Crippen LogP contribution in [0.5, 0.6) is 5.75 Å². The fourth-order valence-corrected chi connectivity index (χ4v) is 4.05. The van der Waals surface area contributed by atoms with Crippen LogP contribution in [-0.4, -0.2) is 42.5 Å². The predicted octanol–water partition coefficient (Wildman–Crippen LogP) is 4.65. The minimum Gasteiger partial charge on any atom is -0.497 e. The summed E-state index contributed by atoms with van der Waals surface area (Å²) in [6.45, 7) is 2.24. The molecule has 0 atom stereocenters. The number of nitrogens with zero attached hydrogens (tertiary/aromatic N) is 1. The zero-order chi connectivity index (χ0) is 19.5. The lowest BCUT2D eigenvalue weighted by Gasteiger charge is -2.31. The van der Waals surface area contributed by atoms with Crippen LogP contribution in [0.1, 0.15) is 24.3 Å². The van der Waals surface area contributed by atoms with Crippen molar-refractivity contribution in [1.82, 2.24) is 9.88 Å². The average Bonchev–Trinajstić information content (AvgIpc) is 3.13. The fourth-order valence-electron chi connectivity index (χ4n) is 3.92. The molecule has 28 heavy (non-hydrogen) atoms. The Morgan fingerprint density at radius 2 is 1.96 bits per heavy atom. The summed E-state index contributed by atoms with van der Waals surface area (Å²) in [6.07, 6.45) is 4.20. The Labute approximate surface area is 169 Å². The van der Waals surface area contributed by atoms with Gasteiger partial charge >= 0.3 is 0 Å². The van der Waals surface area contributed by atoms with E-state index in [1.54, 1.807) is 19.2 Å². The summed E-state index contributed by atoms with van der Waals surface area (Å²) < 4.78 is 5.38. The number of amides is 1. The Hall–Kier alpha value is -2.50. The molecule has 4 rings (SSSR count).